The summed E-state index contributed by atoms with van der Waals surface area (Å²) >= 11 is 0. The van der Waals surface area contributed by atoms with Crippen molar-refractivity contribution in [2.24, 2.45) is 5.92 Å². The van der Waals surface area contributed by atoms with Crippen LogP contribution in [0.2, 0.25) is 0 Å². The molecular weight excluding hydrogens is 228 g/mol. The van der Waals surface area contributed by atoms with Gasteiger partial charge < -0.3 is 14.8 Å². The highest BCUT2D eigenvalue weighted by molar-refractivity contribution is 4.83. The molecule has 1 rings (SSSR count). The van der Waals surface area contributed by atoms with Crippen LogP contribution in [0.25, 0.3) is 0 Å². The van der Waals surface area contributed by atoms with Gasteiger partial charge in [-0.15, -0.1) is 0 Å². The molecule has 0 aromatic heterocycles. The van der Waals surface area contributed by atoms with Gasteiger partial charge in [0, 0.05) is 38.9 Å². The van der Waals surface area contributed by atoms with Crippen molar-refractivity contribution in [2.75, 3.05) is 52.6 Å². The predicted molar refractivity (Wildman–Crippen MR) is 75.0 cm³/mol. The lowest BCUT2D eigenvalue weighted by Crippen LogP contribution is -2.42. The van der Waals surface area contributed by atoms with E-state index < -0.39 is 0 Å². The molecule has 0 radical (unpaired) electrons. The first-order valence-corrected chi connectivity index (χ1v) is 7.39. The standard InChI is InChI=1S/C14H30N2O2/c1-4-17-10-8-16(9-11-18-5-2)12-14-13(3)6-7-15-14/h13-15H,4-12H2,1-3H3. The number of nitrogens with one attached hydrogen (secondary N) is 1. The van der Waals surface area contributed by atoms with Gasteiger partial charge in [-0.05, 0) is 32.7 Å². The number of rotatable bonds is 10. The van der Waals surface area contributed by atoms with Crippen LogP contribution in [0.15, 0.2) is 0 Å². The van der Waals surface area contributed by atoms with E-state index >= 15 is 0 Å². The molecule has 1 aliphatic heterocycles. The Hall–Kier alpha value is -0.160. The van der Waals surface area contributed by atoms with Crippen LogP contribution in [-0.2, 0) is 9.47 Å². The van der Waals surface area contributed by atoms with Gasteiger partial charge in [0.15, 0.2) is 0 Å². The lowest BCUT2D eigenvalue weighted by atomic mass is 10.0. The van der Waals surface area contributed by atoms with Gasteiger partial charge in [0.25, 0.3) is 0 Å². The van der Waals surface area contributed by atoms with E-state index in [9.17, 15) is 0 Å². The minimum Gasteiger partial charge on any atom is -0.380 e. The largest absolute Gasteiger partial charge is 0.380 e. The van der Waals surface area contributed by atoms with Crippen LogP contribution in [0.4, 0.5) is 0 Å². The average molecular weight is 258 g/mol. The fourth-order valence-corrected chi connectivity index (χ4v) is 2.39. The third-order valence-electron chi connectivity index (χ3n) is 3.66. The van der Waals surface area contributed by atoms with Gasteiger partial charge >= 0.3 is 0 Å². The summed E-state index contributed by atoms with van der Waals surface area (Å²) in [6.45, 7) is 14.0. The molecule has 0 aromatic carbocycles. The zero-order valence-electron chi connectivity index (χ0n) is 12.3. The third-order valence-corrected chi connectivity index (χ3v) is 3.66. The van der Waals surface area contributed by atoms with Crippen molar-refractivity contribution in [1.29, 1.82) is 0 Å². The smallest absolute Gasteiger partial charge is 0.0593 e. The molecule has 2 unspecified atom stereocenters. The van der Waals surface area contributed by atoms with Crippen LogP contribution in [0, 0.1) is 5.92 Å². The summed E-state index contributed by atoms with van der Waals surface area (Å²) in [7, 11) is 0. The minimum absolute atomic E-state index is 0.633. The first-order valence-electron chi connectivity index (χ1n) is 7.39. The van der Waals surface area contributed by atoms with E-state index in [0.29, 0.717) is 6.04 Å². The predicted octanol–water partition coefficient (Wildman–Crippen LogP) is 1.36. The quantitative estimate of drug-likeness (QED) is 0.600. The zero-order chi connectivity index (χ0) is 13.2. The van der Waals surface area contributed by atoms with Crippen LogP contribution in [0.1, 0.15) is 27.2 Å². The van der Waals surface area contributed by atoms with Crippen molar-refractivity contribution in [3.8, 4) is 0 Å². The number of nitrogens with zero attached hydrogens (tertiary/aromatic N) is 1. The Labute approximate surface area is 112 Å². The van der Waals surface area contributed by atoms with Gasteiger partial charge in [-0.2, -0.15) is 0 Å². The molecule has 1 aliphatic rings. The molecule has 2 atom stereocenters. The van der Waals surface area contributed by atoms with Crippen molar-refractivity contribution in [3.05, 3.63) is 0 Å². The topological polar surface area (TPSA) is 33.7 Å². The van der Waals surface area contributed by atoms with Gasteiger partial charge in [-0.3, -0.25) is 4.90 Å². The number of hydrogen-bond donors (Lipinski definition) is 1. The van der Waals surface area contributed by atoms with E-state index in [1.54, 1.807) is 0 Å². The van der Waals surface area contributed by atoms with Gasteiger partial charge in [-0.1, -0.05) is 6.92 Å². The Morgan fingerprint density at radius 1 is 1.11 bits per heavy atom. The highest BCUT2D eigenvalue weighted by atomic mass is 16.5. The first-order chi connectivity index (χ1) is 8.77. The summed E-state index contributed by atoms with van der Waals surface area (Å²) in [5.41, 5.74) is 0. The molecule has 0 aromatic rings. The molecule has 18 heavy (non-hydrogen) atoms. The second kappa shape index (κ2) is 9.73. The van der Waals surface area contributed by atoms with Crippen LogP contribution in [0.3, 0.4) is 0 Å². The van der Waals surface area contributed by atoms with Crippen molar-refractivity contribution in [2.45, 2.75) is 33.2 Å². The number of hydrogen-bond acceptors (Lipinski definition) is 4. The van der Waals surface area contributed by atoms with Crippen LogP contribution < -0.4 is 5.32 Å². The zero-order valence-corrected chi connectivity index (χ0v) is 12.3. The summed E-state index contributed by atoms with van der Waals surface area (Å²) in [5, 5.41) is 3.59. The molecule has 1 N–H and O–H groups in total. The van der Waals surface area contributed by atoms with Crippen molar-refractivity contribution in [1.82, 2.24) is 10.2 Å². The van der Waals surface area contributed by atoms with E-state index in [1.165, 1.54) is 6.42 Å². The third kappa shape index (κ3) is 6.14. The fourth-order valence-electron chi connectivity index (χ4n) is 2.39. The van der Waals surface area contributed by atoms with Crippen molar-refractivity contribution in [3.63, 3.8) is 0 Å². The lowest BCUT2D eigenvalue weighted by molar-refractivity contribution is 0.0774. The van der Waals surface area contributed by atoms with E-state index in [2.05, 4.69) is 17.1 Å². The van der Waals surface area contributed by atoms with Crippen molar-refractivity contribution < 1.29 is 9.47 Å². The Bertz CT molecular complexity index is 192. The molecular formula is C14H30N2O2. The Kier molecular flexibility index (Phi) is 8.59. The molecule has 0 saturated carbocycles. The molecule has 1 saturated heterocycles. The highest BCUT2D eigenvalue weighted by Crippen LogP contribution is 2.15. The molecule has 1 heterocycles. The fraction of sp³-hybridized carbons (Fsp3) is 1.00. The SMILES string of the molecule is CCOCCN(CCOCC)CC1NCCC1C. The molecule has 108 valence electrons. The lowest BCUT2D eigenvalue weighted by Gasteiger charge is -2.27. The number of ether oxygens (including phenoxy) is 2. The van der Waals surface area contributed by atoms with E-state index in [0.717, 1.165) is 58.5 Å². The normalized spacial score (nSPS) is 24.0. The van der Waals surface area contributed by atoms with E-state index in [1.807, 2.05) is 13.8 Å². The van der Waals surface area contributed by atoms with E-state index in [4.69, 9.17) is 9.47 Å². The van der Waals surface area contributed by atoms with E-state index in [-0.39, 0.29) is 0 Å². The van der Waals surface area contributed by atoms with Gasteiger partial charge in [0.05, 0.1) is 13.2 Å². The molecule has 1 fully saturated rings. The minimum atomic E-state index is 0.633. The maximum atomic E-state index is 5.46. The molecule has 0 amide bonds. The monoisotopic (exact) mass is 258 g/mol. The van der Waals surface area contributed by atoms with Gasteiger partial charge in [0.1, 0.15) is 0 Å². The molecule has 4 nitrogen and oxygen atoms in total. The van der Waals surface area contributed by atoms with Gasteiger partial charge in [-0.25, -0.2) is 0 Å². The molecule has 0 bridgehead atoms. The molecule has 4 heteroatoms. The summed E-state index contributed by atoms with van der Waals surface area (Å²) in [6, 6.07) is 0.633. The van der Waals surface area contributed by atoms with Crippen molar-refractivity contribution >= 4 is 0 Å². The Morgan fingerprint density at radius 2 is 1.72 bits per heavy atom. The highest BCUT2D eigenvalue weighted by Gasteiger charge is 2.24. The average Bonchev–Trinajstić information content (AvgIpc) is 2.75. The van der Waals surface area contributed by atoms with Crippen LogP contribution in [0.5, 0.6) is 0 Å². The van der Waals surface area contributed by atoms with Crippen LogP contribution in [-0.4, -0.2) is 63.5 Å². The molecule has 0 spiro atoms. The summed E-state index contributed by atoms with van der Waals surface area (Å²) in [5.74, 6) is 0.784. The molecule has 0 aliphatic carbocycles. The second-order valence-corrected chi connectivity index (χ2v) is 5.02. The Balaban J connectivity index is 2.27. The summed E-state index contributed by atoms with van der Waals surface area (Å²) < 4.78 is 10.9. The summed E-state index contributed by atoms with van der Waals surface area (Å²) in [4.78, 5) is 2.46. The first kappa shape index (κ1) is 15.9. The summed E-state index contributed by atoms with van der Waals surface area (Å²) in [6.07, 6.45) is 1.30. The maximum Gasteiger partial charge on any atom is 0.0593 e. The Morgan fingerprint density at radius 3 is 2.17 bits per heavy atom. The van der Waals surface area contributed by atoms with Crippen LogP contribution >= 0.6 is 0 Å². The maximum absolute atomic E-state index is 5.46. The van der Waals surface area contributed by atoms with Gasteiger partial charge in [0.2, 0.25) is 0 Å². The second-order valence-electron chi connectivity index (χ2n) is 5.02.